The summed E-state index contributed by atoms with van der Waals surface area (Å²) in [5, 5.41) is 22.0. The van der Waals surface area contributed by atoms with Crippen LogP contribution in [0, 0.1) is 0 Å². The molecule has 4 rings (SSSR count). The Morgan fingerprint density at radius 1 is 1.07 bits per heavy atom. The second-order valence-corrected chi connectivity index (χ2v) is 12.5. The molecule has 2 N–H and O–H groups in total. The fraction of sp³-hybridized carbons (Fsp3) is 0.462. The molecule has 0 saturated carbocycles. The van der Waals surface area contributed by atoms with Crippen molar-refractivity contribution in [3.8, 4) is 17.1 Å². The number of carbonyl (C=O) groups excluding carboxylic acids is 1. The van der Waals surface area contributed by atoms with E-state index >= 15 is 0 Å². The first-order chi connectivity index (χ1) is 19.3. The third-order valence-corrected chi connectivity index (χ3v) is 10.3. The van der Waals surface area contributed by atoms with Crippen LogP contribution >= 0.6 is 11.8 Å². The number of amides is 1. The Morgan fingerprint density at radius 2 is 1.77 bits per heavy atom. The highest BCUT2D eigenvalue weighted by molar-refractivity contribution is 7.98. The molecule has 3 aromatic rings. The Hall–Kier alpha value is -3.04. The topological polar surface area (TPSA) is 149 Å². The highest BCUT2D eigenvalue weighted by Crippen LogP contribution is 2.36. The highest BCUT2D eigenvalue weighted by atomic mass is 32.2. The average molecular weight is 591 g/mol. The van der Waals surface area contributed by atoms with Gasteiger partial charge in [-0.15, -0.1) is 22.0 Å². The van der Waals surface area contributed by atoms with Crippen molar-refractivity contribution < 1.29 is 27.9 Å². The molecule has 0 spiro atoms. The molecule has 0 aliphatic carbocycles. The van der Waals surface area contributed by atoms with Crippen LogP contribution in [0.25, 0.3) is 11.4 Å². The van der Waals surface area contributed by atoms with Gasteiger partial charge in [-0.1, -0.05) is 0 Å². The van der Waals surface area contributed by atoms with Gasteiger partial charge in [0.15, 0.2) is 14.6 Å². The van der Waals surface area contributed by atoms with E-state index in [0.717, 1.165) is 10.5 Å². The van der Waals surface area contributed by atoms with Gasteiger partial charge in [0, 0.05) is 43.6 Å². The van der Waals surface area contributed by atoms with Gasteiger partial charge in [-0.2, -0.15) is 4.80 Å². The first-order valence-corrected chi connectivity index (χ1v) is 15.6. The minimum Gasteiger partial charge on any atom is -0.494 e. The fourth-order valence-electron chi connectivity index (χ4n) is 4.61. The van der Waals surface area contributed by atoms with Gasteiger partial charge in [-0.05, 0) is 72.8 Å². The van der Waals surface area contributed by atoms with E-state index in [0.29, 0.717) is 57.4 Å². The largest absolute Gasteiger partial charge is 0.494 e. The van der Waals surface area contributed by atoms with Crippen molar-refractivity contribution in [3.05, 3.63) is 48.5 Å². The molecular weight excluding hydrogens is 556 g/mol. The molecule has 0 radical (unpaired) electrons. The third-order valence-electron chi connectivity index (χ3n) is 7.01. The number of carbonyl (C=O) groups is 1. The first kappa shape index (κ1) is 29.9. The molecule has 2 heterocycles. The Morgan fingerprint density at radius 3 is 2.40 bits per heavy atom. The number of hydrogen-bond donors (Lipinski definition) is 2. The number of rotatable bonds is 13. The lowest BCUT2D eigenvalue weighted by Gasteiger charge is -2.39. The molecule has 0 unspecified atom stereocenters. The Labute approximate surface area is 237 Å². The number of piperidine rings is 1. The lowest BCUT2D eigenvalue weighted by Crippen LogP contribution is -2.57. The third kappa shape index (κ3) is 6.63. The molecule has 1 saturated heterocycles. The molecule has 1 fully saturated rings. The van der Waals surface area contributed by atoms with Crippen molar-refractivity contribution in [1.29, 1.82) is 0 Å². The zero-order chi connectivity index (χ0) is 28.6. The van der Waals surface area contributed by atoms with Gasteiger partial charge in [0.2, 0.25) is 5.82 Å². The molecule has 40 heavy (non-hydrogen) atoms. The lowest BCUT2D eigenvalue weighted by atomic mass is 9.95. The van der Waals surface area contributed by atoms with Gasteiger partial charge < -0.3 is 14.4 Å². The Bertz CT molecular complexity index is 1360. The fourth-order valence-corrected chi connectivity index (χ4v) is 6.97. The SMILES string of the molecule is COCCN1CCC(C(=O)NO)(S(=O)(=O)c2ccc(OCCCn3nnc(-c4ccc(SC)cc4)n3)cc2)CC1. The molecule has 12 nitrogen and oxygen atoms in total. The predicted molar refractivity (Wildman–Crippen MR) is 149 cm³/mol. The Balaban J connectivity index is 1.32. The van der Waals surface area contributed by atoms with Gasteiger partial charge in [0.1, 0.15) is 5.75 Å². The van der Waals surface area contributed by atoms with E-state index < -0.39 is 20.5 Å². The molecule has 1 aromatic heterocycles. The monoisotopic (exact) mass is 590 g/mol. The van der Waals surface area contributed by atoms with E-state index in [4.69, 9.17) is 9.47 Å². The van der Waals surface area contributed by atoms with Crippen LogP contribution in [-0.4, -0.2) is 95.6 Å². The van der Waals surface area contributed by atoms with E-state index in [9.17, 15) is 18.4 Å². The second kappa shape index (κ2) is 13.5. The maximum atomic E-state index is 13.6. The molecular formula is C26H34N6O6S2. The normalized spacial score (nSPS) is 15.6. The quantitative estimate of drug-likeness (QED) is 0.131. The van der Waals surface area contributed by atoms with E-state index in [1.165, 1.54) is 16.9 Å². The molecule has 14 heteroatoms. The molecule has 216 valence electrons. The summed E-state index contributed by atoms with van der Waals surface area (Å²) in [4.78, 5) is 17.4. The van der Waals surface area contributed by atoms with E-state index in [2.05, 4.69) is 15.4 Å². The molecule has 0 bridgehead atoms. The smallest absolute Gasteiger partial charge is 0.265 e. The summed E-state index contributed by atoms with van der Waals surface area (Å²) in [6.07, 6.45) is 2.75. The van der Waals surface area contributed by atoms with Crippen LogP contribution in [-0.2, 0) is 25.9 Å². The van der Waals surface area contributed by atoms with Crippen molar-refractivity contribution in [2.75, 3.05) is 46.2 Å². The van der Waals surface area contributed by atoms with Gasteiger partial charge in [-0.25, -0.2) is 13.9 Å². The van der Waals surface area contributed by atoms with E-state index in [-0.39, 0.29) is 17.7 Å². The van der Waals surface area contributed by atoms with Gasteiger partial charge in [-0.3, -0.25) is 10.0 Å². The van der Waals surface area contributed by atoms with Crippen LogP contribution in [0.2, 0.25) is 0 Å². The van der Waals surface area contributed by atoms with Crippen LogP contribution in [0.5, 0.6) is 5.75 Å². The maximum absolute atomic E-state index is 13.6. The summed E-state index contributed by atoms with van der Waals surface area (Å²) in [7, 11) is -2.50. The van der Waals surface area contributed by atoms with Crippen LogP contribution in [0.15, 0.2) is 58.3 Å². The van der Waals surface area contributed by atoms with E-state index in [1.54, 1.807) is 36.5 Å². The van der Waals surface area contributed by atoms with Crippen LogP contribution in [0.3, 0.4) is 0 Å². The minimum atomic E-state index is -4.10. The number of aromatic nitrogens is 4. The standard InChI is InChI=1S/C26H34N6O6S2/c1-37-19-17-31-15-12-26(13-16-31,25(33)29-34)40(35,36)23-10-6-21(7-11-23)38-18-3-14-32-28-24(27-30-32)20-4-8-22(39-2)9-5-20/h4-11,34H,3,12-19H2,1-2H3,(H,29,33). The summed E-state index contributed by atoms with van der Waals surface area (Å²) < 4.78 is 36.3. The van der Waals surface area contributed by atoms with Gasteiger partial charge in [0.05, 0.1) is 24.7 Å². The number of likely N-dealkylation sites (tertiary alicyclic amines) is 1. The summed E-state index contributed by atoms with van der Waals surface area (Å²) in [5.74, 6) is 0.134. The number of hydroxylamine groups is 1. The van der Waals surface area contributed by atoms with Crippen LogP contribution in [0.4, 0.5) is 0 Å². The van der Waals surface area contributed by atoms with Gasteiger partial charge in [0.25, 0.3) is 5.91 Å². The second-order valence-electron chi connectivity index (χ2n) is 9.38. The summed E-state index contributed by atoms with van der Waals surface area (Å²) in [6.45, 7) is 2.80. The number of methoxy groups -OCH3 is 1. The first-order valence-electron chi connectivity index (χ1n) is 12.9. The molecule has 1 amide bonds. The van der Waals surface area contributed by atoms with Crippen LogP contribution in [0.1, 0.15) is 19.3 Å². The number of ether oxygens (including phenoxy) is 2. The highest BCUT2D eigenvalue weighted by Gasteiger charge is 2.52. The average Bonchev–Trinajstić information content (AvgIpc) is 3.47. The number of thioether (sulfide) groups is 1. The zero-order valence-corrected chi connectivity index (χ0v) is 24.2. The number of tetrazole rings is 1. The number of nitrogens with zero attached hydrogens (tertiary/aromatic N) is 5. The van der Waals surface area contributed by atoms with E-state index in [1.807, 2.05) is 35.4 Å². The minimum absolute atomic E-state index is 0.00120. The van der Waals surface area contributed by atoms with Gasteiger partial charge >= 0.3 is 0 Å². The summed E-state index contributed by atoms with van der Waals surface area (Å²) in [5.41, 5.74) is 2.47. The molecule has 2 aromatic carbocycles. The number of benzene rings is 2. The number of hydrogen-bond acceptors (Lipinski definition) is 11. The lowest BCUT2D eigenvalue weighted by molar-refractivity contribution is -0.133. The number of nitrogens with one attached hydrogen (secondary N) is 1. The van der Waals surface area contributed by atoms with Crippen molar-refractivity contribution in [2.45, 2.75) is 40.3 Å². The maximum Gasteiger partial charge on any atom is 0.265 e. The van der Waals surface area contributed by atoms with Crippen molar-refractivity contribution >= 4 is 27.5 Å². The van der Waals surface area contributed by atoms with Crippen molar-refractivity contribution in [1.82, 2.24) is 30.6 Å². The summed E-state index contributed by atoms with van der Waals surface area (Å²) >= 11 is 1.67. The zero-order valence-electron chi connectivity index (χ0n) is 22.5. The Kier molecular flexibility index (Phi) is 10.1. The van der Waals surface area contributed by atoms with Crippen LogP contribution < -0.4 is 10.2 Å². The number of sulfone groups is 1. The predicted octanol–water partition coefficient (Wildman–Crippen LogP) is 2.29. The number of aryl methyl sites for hydroxylation is 1. The molecule has 0 atom stereocenters. The summed E-state index contributed by atoms with van der Waals surface area (Å²) in [6, 6.07) is 13.9. The van der Waals surface area contributed by atoms with Crippen molar-refractivity contribution in [3.63, 3.8) is 0 Å². The molecule has 1 aliphatic heterocycles. The van der Waals surface area contributed by atoms with Crippen molar-refractivity contribution in [2.24, 2.45) is 0 Å². The molecule has 1 aliphatic rings.